The molecule has 0 N–H and O–H groups in total. The molecule has 120 valence electrons. The normalized spacial score (nSPS) is 43.2. The van der Waals surface area contributed by atoms with E-state index in [1.807, 2.05) is 0 Å². The fourth-order valence-electron chi connectivity index (χ4n) is 4.90. The van der Waals surface area contributed by atoms with Crippen LogP contribution in [0, 0.1) is 29.6 Å². The molecule has 3 saturated carbocycles. The number of rotatable bonds is 2. The molecule has 0 radical (unpaired) electrons. The van der Waals surface area contributed by atoms with E-state index in [0.29, 0.717) is 41.5 Å². The number of ketones is 1. The molecule has 0 aromatic rings. The summed E-state index contributed by atoms with van der Waals surface area (Å²) in [5.41, 5.74) is 0. The summed E-state index contributed by atoms with van der Waals surface area (Å²) in [6.07, 6.45) is 4.92. The molecule has 4 bridgehead atoms. The number of hydrogen-bond acceptors (Lipinski definition) is 2. The molecule has 21 heavy (non-hydrogen) atoms. The van der Waals surface area contributed by atoms with E-state index < -0.39 is 8.32 Å². The minimum atomic E-state index is -1.71. The van der Waals surface area contributed by atoms with Crippen LogP contribution in [0.25, 0.3) is 0 Å². The van der Waals surface area contributed by atoms with Crippen molar-refractivity contribution in [3.63, 3.8) is 0 Å². The molecule has 0 aliphatic heterocycles. The first-order valence-electron chi connectivity index (χ1n) is 8.80. The van der Waals surface area contributed by atoms with Gasteiger partial charge in [-0.25, -0.2) is 0 Å². The molecule has 0 spiro atoms. The lowest BCUT2D eigenvalue weighted by Gasteiger charge is -2.42. The molecule has 0 unspecified atom stereocenters. The number of hydrogen-bond donors (Lipinski definition) is 0. The summed E-state index contributed by atoms with van der Waals surface area (Å²) in [4.78, 5) is 12.2. The van der Waals surface area contributed by atoms with Gasteiger partial charge in [0.2, 0.25) is 0 Å². The van der Waals surface area contributed by atoms with Crippen molar-refractivity contribution in [2.24, 2.45) is 29.6 Å². The molecule has 0 amide bonds. The minimum Gasteiger partial charge on any atom is -0.414 e. The molecule has 3 rings (SSSR count). The highest BCUT2D eigenvalue weighted by Crippen LogP contribution is 2.57. The summed E-state index contributed by atoms with van der Waals surface area (Å²) in [6.45, 7) is 14.0. The minimum absolute atomic E-state index is 0.271. The lowest BCUT2D eigenvalue weighted by Crippen LogP contribution is -2.46. The summed E-state index contributed by atoms with van der Waals surface area (Å²) in [7, 11) is -1.71. The van der Waals surface area contributed by atoms with E-state index in [9.17, 15) is 4.79 Å². The van der Waals surface area contributed by atoms with Gasteiger partial charge < -0.3 is 4.43 Å². The van der Waals surface area contributed by atoms with Gasteiger partial charge in [-0.05, 0) is 61.1 Å². The second-order valence-electron chi connectivity index (χ2n) is 9.48. The summed E-state index contributed by atoms with van der Waals surface area (Å²) in [6, 6.07) is 0. The van der Waals surface area contributed by atoms with Crippen molar-refractivity contribution in [3.05, 3.63) is 0 Å². The number of carbonyl (C=O) groups is 1. The van der Waals surface area contributed by atoms with Crippen LogP contribution in [0.1, 0.15) is 53.4 Å². The average molecular weight is 309 g/mol. The van der Waals surface area contributed by atoms with Gasteiger partial charge in [0, 0.05) is 18.4 Å². The largest absolute Gasteiger partial charge is 0.414 e. The fraction of sp³-hybridized carbons (Fsp3) is 0.944. The van der Waals surface area contributed by atoms with Gasteiger partial charge in [-0.2, -0.15) is 0 Å². The molecule has 0 heterocycles. The van der Waals surface area contributed by atoms with Gasteiger partial charge in [0.1, 0.15) is 5.78 Å². The van der Waals surface area contributed by atoms with Gasteiger partial charge in [-0.1, -0.05) is 27.7 Å². The molecule has 3 aliphatic carbocycles. The van der Waals surface area contributed by atoms with Gasteiger partial charge in [0.05, 0.1) is 0 Å². The van der Waals surface area contributed by atoms with E-state index in [2.05, 4.69) is 40.8 Å². The SMILES string of the molecule is C[C@H]1C[C@H]2[C@@H]3CC(=O)[C@H]2[C@@H](C3)C[C@@H]1O[Si](C)(C)C(C)(C)C. The lowest BCUT2D eigenvalue weighted by molar-refractivity contribution is -0.123. The maximum Gasteiger partial charge on any atom is 0.192 e. The van der Waals surface area contributed by atoms with Crippen molar-refractivity contribution < 1.29 is 9.22 Å². The first-order valence-corrected chi connectivity index (χ1v) is 11.7. The third kappa shape index (κ3) is 2.54. The monoisotopic (exact) mass is 308 g/mol. The second kappa shape index (κ2) is 4.92. The zero-order valence-electron chi connectivity index (χ0n) is 14.6. The Morgan fingerprint density at radius 2 is 1.76 bits per heavy atom. The van der Waals surface area contributed by atoms with Crippen molar-refractivity contribution in [1.82, 2.24) is 0 Å². The second-order valence-corrected chi connectivity index (χ2v) is 14.2. The molecule has 3 heteroatoms. The van der Waals surface area contributed by atoms with E-state index in [1.54, 1.807) is 0 Å². The van der Waals surface area contributed by atoms with Crippen LogP contribution in [0.3, 0.4) is 0 Å². The maximum atomic E-state index is 12.2. The Morgan fingerprint density at radius 3 is 2.38 bits per heavy atom. The first kappa shape index (κ1) is 15.7. The van der Waals surface area contributed by atoms with Crippen LogP contribution in [0.15, 0.2) is 0 Å². The first-order chi connectivity index (χ1) is 9.60. The zero-order valence-corrected chi connectivity index (χ0v) is 15.6. The highest BCUT2D eigenvalue weighted by atomic mass is 28.4. The zero-order chi connectivity index (χ0) is 15.6. The van der Waals surface area contributed by atoms with Crippen LogP contribution in [-0.4, -0.2) is 20.2 Å². The van der Waals surface area contributed by atoms with Crippen molar-refractivity contribution in [2.75, 3.05) is 0 Å². The Hall–Kier alpha value is -0.153. The van der Waals surface area contributed by atoms with Crippen LogP contribution >= 0.6 is 0 Å². The molecular weight excluding hydrogens is 276 g/mol. The predicted octanol–water partition coefficient (Wildman–Crippen LogP) is 4.65. The van der Waals surface area contributed by atoms with E-state index in [0.717, 1.165) is 12.8 Å². The highest BCUT2D eigenvalue weighted by molar-refractivity contribution is 6.74. The lowest BCUT2D eigenvalue weighted by atomic mass is 9.82. The molecule has 6 atom stereocenters. The third-order valence-electron chi connectivity index (χ3n) is 7.08. The Labute approximate surface area is 131 Å². The Kier molecular flexibility index (Phi) is 3.69. The highest BCUT2D eigenvalue weighted by Gasteiger charge is 2.56. The smallest absolute Gasteiger partial charge is 0.192 e. The van der Waals surface area contributed by atoms with Crippen LogP contribution in [0.4, 0.5) is 0 Å². The molecule has 2 nitrogen and oxygen atoms in total. The van der Waals surface area contributed by atoms with Gasteiger partial charge >= 0.3 is 0 Å². The van der Waals surface area contributed by atoms with Gasteiger partial charge in [-0.3, -0.25) is 4.79 Å². The van der Waals surface area contributed by atoms with Gasteiger partial charge in [0.15, 0.2) is 8.32 Å². The summed E-state index contributed by atoms with van der Waals surface area (Å²) >= 11 is 0. The average Bonchev–Trinajstić information content (AvgIpc) is 2.73. The number of Topliss-reactive ketones (excluding diaryl/α,β-unsaturated/α-hetero) is 1. The Morgan fingerprint density at radius 1 is 1.10 bits per heavy atom. The van der Waals surface area contributed by atoms with Crippen LogP contribution < -0.4 is 0 Å². The Bertz CT molecular complexity index is 437. The predicted molar refractivity (Wildman–Crippen MR) is 88.7 cm³/mol. The fourth-order valence-corrected chi connectivity index (χ4v) is 6.34. The van der Waals surface area contributed by atoms with Crippen LogP contribution in [0.5, 0.6) is 0 Å². The van der Waals surface area contributed by atoms with Crippen molar-refractivity contribution in [2.45, 2.75) is 77.6 Å². The summed E-state index contributed by atoms with van der Waals surface area (Å²) in [5.74, 6) is 3.60. The number of carbonyl (C=O) groups excluding carboxylic acids is 1. The molecular formula is C18H32O2Si. The molecule has 3 aliphatic rings. The quantitative estimate of drug-likeness (QED) is 0.694. The Balaban J connectivity index is 1.76. The summed E-state index contributed by atoms with van der Waals surface area (Å²) in [5, 5.41) is 0.271. The topological polar surface area (TPSA) is 26.3 Å². The van der Waals surface area contributed by atoms with E-state index in [-0.39, 0.29) is 5.04 Å². The summed E-state index contributed by atoms with van der Waals surface area (Å²) < 4.78 is 6.76. The van der Waals surface area contributed by atoms with Crippen molar-refractivity contribution in [1.29, 1.82) is 0 Å². The standard InChI is InChI=1S/C18H32O2Si/c1-11-7-14-12-8-13(17(14)15(19)9-12)10-16(11)20-21(5,6)18(2,3)4/h11-14,16-17H,7-10H2,1-6H3/t11-,12-,13-,14-,16-,17-/m0/s1. The van der Waals surface area contributed by atoms with E-state index >= 15 is 0 Å². The maximum absolute atomic E-state index is 12.2. The van der Waals surface area contributed by atoms with Crippen molar-refractivity contribution in [3.8, 4) is 0 Å². The van der Waals surface area contributed by atoms with Crippen molar-refractivity contribution >= 4 is 14.1 Å². The molecule has 0 saturated heterocycles. The van der Waals surface area contributed by atoms with E-state index in [4.69, 9.17) is 4.43 Å². The van der Waals surface area contributed by atoms with E-state index in [1.165, 1.54) is 12.8 Å². The third-order valence-corrected chi connectivity index (χ3v) is 11.6. The molecule has 3 fully saturated rings. The molecule has 0 aromatic heterocycles. The van der Waals surface area contributed by atoms with Gasteiger partial charge in [-0.15, -0.1) is 0 Å². The van der Waals surface area contributed by atoms with Crippen LogP contribution in [0.2, 0.25) is 18.1 Å². The van der Waals surface area contributed by atoms with Gasteiger partial charge in [0.25, 0.3) is 0 Å². The van der Waals surface area contributed by atoms with Crippen LogP contribution in [-0.2, 0) is 9.22 Å². The molecule has 0 aromatic carbocycles.